The van der Waals surface area contributed by atoms with Gasteiger partial charge in [-0.05, 0) is 57.3 Å². The first-order chi connectivity index (χ1) is 17.3. The molecule has 2 aliphatic carbocycles. The largest absolute Gasteiger partial charge is 0.481 e. The first kappa shape index (κ1) is 27.8. The number of carbonyl (C=O) groups is 2. The van der Waals surface area contributed by atoms with E-state index in [4.69, 9.17) is 36.0 Å². The van der Waals surface area contributed by atoms with Gasteiger partial charge in [-0.25, -0.2) is 5.01 Å². The molecule has 0 aromatic carbocycles. The molecule has 9 atom stereocenters. The Morgan fingerprint density at radius 2 is 1.81 bits per heavy atom. The Hall–Kier alpha value is -1.26. The maximum atomic E-state index is 13.3. The van der Waals surface area contributed by atoms with Crippen LogP contribution in [0.25, 0.3) is 0 Å². The Kier molecular flexibility index (Phi) is 9.66. The Morgan fingerprint density at radius 3 is 2.50 bits per heavy atom. The molecule has 0 aromatic heterocycles. The number of nitrogens with one attached hydrogen (secondary N) is 1. The van der Waals surface area contributed by atoms with Crippen molar-refractivity contribution in [1.82, 2.24) is 10.3 Å². The molecule has 1 saturated heterocycles. The molecule has 36 heavy (non-hydrogen) atoms. The number of aliphatic carboxylic acids is 1. The van der Waals surface area contributed by atoms with Gasteiger partial charge in [0.2, 0.25) is 5.91 Å². The zero-order valence-corrected chi connectivity index (χ0v) is 22.5. The number of hydrogen-bond acceptors (Lipinski definition) is 7. The zero-order chi connectivity index (χ0) is 25.8. The van der Waals surface area contributed by atoms with Gasteiger partial charge in [-0.3, -0.25) is 14.9 Å². The van der Waals surface area contributed by atoms with Crippen molar-refractivity contribution >= 4 is 29.2 Å². The van der Waals surface area contributed by atoms with Crippen LogP contribution in [0, 0.1) is 17.8 Å². The van der Waals surface area contributed by atoms with Crippen LogP contribution in [0.15, 0.2) is 5.10 Å². The van der Waals surface area contributed by atoms with Gasteiger partial charge in [0.05, 0.1) is 29.9 Å². The quantitative estimate of drug-likeness (QED) is 0.349. The number of hydrazone groups is 1. The first-order valence-electron chi connectivity index (χ1n) is 13.4. The predicted octanol–water partition coefficient (Wildman–Crippen LogP) is 3.39. The lowest BCUT2D eigenvalue weighted by Gasteiger charge is -2.47. The van der Waals surface area contributed by atoms with Gasteiger partial charge in [-0.15, -0.1) is 11.6 Å². The fourth-order valence-corrected chi connectivity index (χ4v) is 7.28. The number of carboxylic acid groups (broad SMARTS) is 1. The summed E-state index contributed by atoms with van der Waals surface area (Å²) < 4.78 is 16.9. The van der Waals surface area contributed by atoms with E-state index in [2.05, 4.69) is 5.32 Å². The lowest BCUT2D eigenvalue weighted by atomic mass is 9.72. The van der Waals surface area contributed by atoms with Crippen LogP contribution in [0.2, 0.25) is 0 Å². The zero-order valence-electron chi connectivity index (χ0n) is 21.7. The summed E-state index contributed by atoms with van der Waals surface area (Å²) in [6.45, 7) is 0. The molecule has 2 heterocycles. The van der Waals surface area contributed by atoms with Gasteiger partial charge in [-0.1, -0.05) is 0 Å². The molecular weight excluding hydrogens is 486 g/mol. The lowest BCUT2D eigenvalue weighted by molar-refractivity contribution is -0.137. The lowest BCUT2D eigenvalue weighted by Crippen LogP contribution is -2.57. The van der Waals surface area contributed by atoms with Crippen molar-refractivity contribution in [2.75, 3.05) is 21.3 Å². The summed E-state index contributed by atoms with van der Waals surface area (Å²) in [7, 11) is 5.22. The topological polar surface area (TPSA) is 110 Å². The minimum Gasteiger partial charge on any atom is -0.481 e. The molecule has 2 saturated carbocycles. The maximum Gasteiger partial charge on any atom is 0.303 e. The normalized spacial score (nSPS) is 38.9. The van der Waals surface area contributed by atoms with Crippen molar-refractivity contribution in [3.63, 3.8) is 0 Å². The number of nitrogens with zero attached hydrogens (tertiary/aromatic N) is 2. The minimum atomic E-state index is -0.888. The summed E-state index contributed by atoms with van der Waals surface area (Å²) in [5.41, 5.74) is 0.781. The van der Waals surface area contributed by atoms with E-state index in [0.29, 0.717) is 24.8 Å². The van der Waals surface area contributed by atoms with Gasteiger partial charge in [0.15, 0.2) is 0 Å². The number of methoxy groups -OCH3 is 3. The highest BCUT2D eigenvalue weighted by atomic mass is 35.5. The number of fused-ring (bicyclic) bond motifs is 1. The summed E-state index contributed by atoms with van der Waals surface area (Å²) in [6, 6.07) is 0.213. The number of alkyl halides is 1. The Labute approximate surface area is 219 Å². The van der Waals surface area contributed by atoms with E-state index in [1.807, 2.05) is 0 Å². The number of carbonyl (C=O) groups excluding carboxylic acids is 1. The molecule has 10 heteroatoms. The molecule has 2 aliphatic heterocycles. The molecule has 9 nitrogen and oxygen atoms in total. The van der Waals surface area contributed by atoms with Crippen LogP contribution in [0.3, 0.4) is 0 Å². The fourth-order valence-electron chi connectivity index (χ4n) is 6.85. The van der Waals surface area contributed by atoms with Crippen molar-refractivity contribution < 1.29 is 28.9 Å². The van der Waals surface area contributed by atoms with E-state index in [1.54, 1.807) is 26.3 Å². The third-order valence-electron chi connectivity index (χ3n) is 8.91. The van der Waals surface area contributed by atoms with E-state index >= 15 is 0 Å². The molecular formula is C26H42ClN3O6. The van der Waals surface area contributed by atoms with Crippen molar-refractivity contribution in [2.24, 2.45) is 22.9 Å². The average molecular weight is 528 g/mol. The number of halogens is 1. The number of hydrogen-bond donors (Lipinski definition) is 2. The summed E-state index contributed by atoms with van der Waals surface area (Å²) >= 11 is 6.95. The van der Waals surface area contributed by atoms with E-state index in [0.717, 1.165) is 50.7 Å². The van der Waals surface area contributed by atoms with Crippen LogP contribution in [0.5, 0.6) is 0 Å². The number of rotatable bonds is 9. The molecule has 2 N–H and O–H groups in total. The van der Waals surface area contributed by atoms with Gasteiger partial charge < -0.3 is 19.3 Å². The van der Waals surface area contributed by atoms with E-state index in [1.165, 1.54) is 0 Å². The molecule has 4 rings (SSSR count). The third-order valence-corrected chi connectivity index (χ3v) is 9.36. The van der Waals surface area contributed by atoms with E-state index < -0.39 is 5.97 Å². The second-order valence-corrected chi connectivity index (χ2v) is 11.4. The molecule has 1 amide bonds. The summed E-state index contributed by atoms with van der Waals surface area (Å²) in [5.74, 6) is -0.194. The van der Waals surface area contributed by atoms with Crippen molar-refractivity contribution in [3.05, 3.63) is 0 Å². The number of amides is 1. The van der Waals surface area contributed by atoms with Gasteiger partial charge >= 0.3 is 5.97 Å². The first-order valence-corrected chi connectivity index (χ1v) is 13.9. The number of carboxylic acids is 1. The monoisotopic (exact) mass is 527 g/mol. The molecule has 0 aromatic rings. The summed E-state index contributed by atoms with van der Waals surface area (Å²) in [4.78, 5) is 24.3. The molecule has 3 fully saturated rings. The van der Waals surface area contributed by atoms with Gasteiger partial charge in [0.1, 0.15) is 0 Å². The summed E-state index contributed by atoms with van der Waals surface area (Å²) in [6.07, 6.45) is 8.21. The van der Waals surface area contributed by atoms with Crippen LogP contribution in [0.1, 0.15) is 70.6 Å². The molecule has 9 unspecified atom stereocenters. The SMILES string of the molecule is COC1CCC2CC(C3CC(C4CCC(OC)C(OC)C4)=NN3C(=O)CCCC(=O)O)C(Cl)NC2C1. The molecule has 0 bridgehead atoms. The fraction of sp³-hybridized carbons (Fsp3) is 0.885. The number of piperidine rings is 1. The molecule has 0 spiro atoms. The maximum absolute atomic E-state index is 13.3. The predicted molar refractivity (Wildman–Crippen MR) is 136 cm³/mol. The van der Waals surface area contributed by atoms with Crippen molar-refractivity contribution in [3.8, 4) is 0 Å². The smallest absolute Gasteiger partial charge is 0.303 e. The Morgan fingerprint density at radius 1 is 1.03 bits per heavy atom. The highest BCUT2D eigenvalue weighted by Crippen LogP contribution is 2.43. The molecule has 204 valence electrons. The Balaban J connectivity index is 1.49. The standard InChI is InChI=1S/C26H42ClN3O6/c1-34-17-9-7-15-11-18(26(27)28-19(15)13-17)21-14-20(16-8-10-22(35-2)23(12-16)36-3)29-30(21)24(31)5-4-6-25(32)33/h15-19,21-23,26,28H,4-14H2,1-3H3,(H,32,33). The highest BCUT2D eigenvalue weighted by molar-refractivity contribution is 6.20. The third kappa shape index (κ3) is 6.23. The minimum absolute atomic E-state index is 0.00377. The van der Waals surface area contributed by atoms with Crippen LogP contribution in [0.4, 0.5) is 0 Å². The van der Waals surface area contributed by atoms with Gasteiger partial charge in [-0.2, -0.15) is 5.10 Å². The average Bonchev–Trinajstić information content (AvgIpc) is 3.32. The van der Waals surface area contributed by atoms with E-state index in [-0.39, 0.29) is 60.4 Å². The van der Waals surface area contributed by atoms with Crippen LogP contribution in [-0.2, 0) is 23.8 Å². The van der Waals surface area contributed by atoms with Crippen LogP contribution < -0.4 is 5.32 Å². The molecule has 4 aliphatic rings. The number of ether oxygens (including phenoxy) is 3. The van der Waals surface area contributed by atoms with E-state index in [9.17, 15) is 9.59 Å². The highest BCUT2D eigenvalue weighted by Gasteiger charge is 2.48. The van der Waals surface area contributed by atoms with Crippen LogP contribution >= 0.6 is 11.6 Å². The van der Waals surface area contributed by atoms with Gasteiger partial charge in [0.25, 0.3) is 0 Å². The second-order valence-electron chi connectivity index (χ2n) is 10.9. The van der Waals surface area contributed by atoms with Crippen molar-refractivity contribution in [1.29, 1.82) is 0 Å². The van der Waals surface area contributed by atoms with Crippen LogP contribution in [-0.4, -0.2) is 84.9 Å². The Bertz CT molecular complexity index is 813. The second kappa shape index (κ2) is 12.5. The van der Waals surface area contributed by atoms with Crippen molar-refractivity contribution in [2.45, 2.75) is 107 Å². The van der Waals surface area contributed by atoms with Gasteiger partial charge in [0, 0.05) is 64.2 Å². The molecule has 0 radical (unpaired) electrons. The summed E-state index contributed by atoms with van der Waals surface area (Å²) in [5, 5.41) is 19.2.